The minimum Gasteiger partial charge on any atom is -0.478 e. The highest BCUT2D eigenvalue weighted by atomic mass is 16.4. The molecule has 1 saturated heterocycles. The van der Waals surface area contributed by atoms with E-state index in [0.29, 0.717) is 11.3 Å². The number of hydrogen-bond donors (Lipinski definition) is 1. The van der Waals surface area contributed by atoms with Crippen molar-refractivity contribution >= 4 is 17.3 Å². The third-order valence-electron chi connectivity index (χ3n) is 5.78. The molecular formula is C26H26N2O2. The van der Waals surface area contributed by atoms with Crippen molar-refractivity contribution in [3.05, 3.63) is 89.5 Å². The summed E-state index contributed by atoms with van der Waals surface area (Å²) in [7, 11) is 1.59. The molecule has 2 aromatic rings. The number of carbonyl (C=O) groups is 1. The quantitative estimate of drug-likeness (QED) is 0.772. The van der Waals surface area contributed by atoms with Crippen molar-refractivity contribution < 1.29 is 9.90 Å². The van der Waals surface area contributed by atoms with Gasteiger partial charge in [0.05, 0.1) is 11.3 Å². The van der Waals surface area contributed by atoms with E-state index < -0.39 is 5.97 Å². The molecule has 1 heterocycles. The Morgan fingerprint density at radius 3 is 2.37 bits per heavy atom. The topological polar surface area (TPSA) is 52.9 Å². The van der Waals surface area contributed by atoms with E-state index in [9.17, 15) is 9.90 Å². The highest BCUT2D eigenvalue weighted by molar-refractivity contribution is 6.30. The van der Waals surface area contributed by atoms with E-state index in [1.807, 2.05) is 18.2 Å². The van der Waals surface area contributed by atoms with Crippen molar-refractivity contribution in [2.75, 3.05) is 20.1 Å². The van der Waals surface area contributed by atoms with Gasteiger partial charge < -0.3 is 5.11 Å². The van der Waals surface area contributed by atoms with Crippen LogP contribution in [0.2, 0.25) is 0 Å². The summed E-state index contributed by atoms with van der Waals surface area (Å²) < 4.78 is 0. The molecule has 0 aromatic heterocycles. The molecule has 2 aromatic carbocycles. The molecule has 4 nitrogen and oxygen atoms in total. The minimum atomic E-state index is -0.991. The Balaban J connectivity index is 1.63. The van der Waals surface area contributed by atoms with Crippen molar-refractivity contribution in [1.82, 2.24) is 4.90 Å². The fraction of sp³-hybridized carbons (Fsp3) is 0.231. The molecule has 0 radical (unpaired) electrons. The van der Waals surface area contributed by atoms with E-state index in [1.54, 1.807) is 13.1 Å². The molecule has 1 aliphatic heterocycles. The number of aliphatic carboxylic acids is 1. The number of rotatable bonds is 5. The number of carboxylic acids is 1. The first-order valence-corrected chi connectivity index (χ1v) is 10.3. The predicted molar refractivity (Wildman–Crippen MR) is 123 cm³/mol. The Labute approximate surface area is 177 Å². The molecule has 0 saturated carbocycles. The lowest BCUT2D eigenvalue weighted by Crippen LogP contribution is -2.18. The first kappa shape index (κ1) is 20.0. The van der Waals surface area contributed by atoms with Crippen molar-refractivity contribution in [2.45, 2.75) is 19.4 Å². The Morgan fingerprint density at radius 2 is 1.70 bits per heavy atom. The molecule has 2 aliphatic rings. The molecule has 1 fully saturated rings. The maximum absolute atomic E-state index is 11.6. The van der Waals surface area contributed by atoms with Crippen LogP contribution in [0.1, 0.15) is 24.0 Å². The minimum absolute atomic E-state index is 0.181. The van der Waals surface area contributed by atoms with Gasteiger partial charge in [0.1, 0.15) is 0 Å². The zero-order valence-electron chi connectivity index (χ0n) is 17.3. The molecule has 1 N–H and O–H groups in total. The number of aliphatic imine (C=N–C) groups is 1. The molecule has 1 aliphatic carbocycles. The van der Waals surface area contributed by atoms with E-state index in [1.165, 1.54) is 42.6 Å². The predicted octanol–water partition coefficient (Wildman–Crippen LogP) is 4.98. The van der Waals surface area contributed by atoms with E-state index in [2.05, 4.69) is 52.9 Å². The van der Waals surface area contributed by atoms with Gasteiger partial charge in [-0.3, -0.25) is 9.89 Å². The van der Waals surface area contributed by atoms with Gasteiger partial charge in [-0.1, -0.05) is 55.1 Å². The SMILES string of the molecule is C=C1C=C(c2ccc(-c3ccccc3CN3CCCC3)cc2)C=C(C(=O)O)C1=NC. The van der Waals surface area contributed by atoms with Gasteiger partial charge in [0.2, 0.25) is 0 Å². The van der Waals surface area contributed by atoms with Crippen LogP contribution in [0.4, 0.5) is 0 Å². The Kier molecular flexibility index (Phi) is 5.77. The normalized spacial score (nSPS) is 18.4. The number of allylic oxidation sites excluding steroid dienone is 4. The summed E-state index contributed by atoms with van der Waals surface area (Å²) in [6.45, 7) is 7.31. The molecule has 0 amide bonds. The summed E-state index contributed by atoms with van der Waals surface area (Å²) in [6.07, 6.45) is 6.14. The highest BCUT2D eigenvalue weighted by Crippen LogP contribution is 2.30. The van der Waals surface area contributed by atoms with E-state index in [4.69, 9.17) is 0 Å². The van der Waals surface area contributed by atoms with Gasteiger partial charge in [-0.05, 0) is 71.5 Å². The standard InChI is InChI=1S/C26H26N2O2/c1-18-15-22(16-24(26(29)30)25(18)27-2)19-9-11-20(12-10-19)23-8-4-3-7-21(23)17-28-13-5-6-14-28/h3-4,7-12,15-16H,1,5-6,13-14,17H2,2H3,(H,29,30). The van der Waals surface area contributed by atoms with Gasteiger partial charge in [-0.2, -0.15) is 0 Å². The number of hydrogen-bond acceptors (Lipinski definition) is 3. The second-order valence-electron chi connectivity index (χ2n) is 7.78. The zero-order chi connectivity index (χ0) is 21.1. The summed E-state index contributed by atoms with van der Waals surface area (Å²) in [5.74, 6) is -0.991. The third-order valence-corrected chi connectivity index (χ3v) is 5.78. The van der Waals surface area contributed by atoms with E-state index >= 15 is 0 Å². The second-order valence-corrected chi connectivity index (χ2v) is 7.78. The number of benzene rings is 2. The van der Waals surface area contributed by atoms with Gasteiger partial charge >= 0.3 is 5.97 Å². The first-order chi connectivity index (χ1) is 14.6. The monoisotopic (exact) mass is 398 g/mol. The lowest BCUT2D eigenvalue weighted by Gasteiger charge is -2.18. The van der Waals surface area contributed by atoms with Gasteiger partial charge in [-0.25, -0.2) is 4.79 Å². The average Bonchev–Trinajstić information content (AvgIpc) is 3.27. The molecule has 0 atom stereocenters. The molecular weight excluding hydrogens is 372 g/mol. The molecule has 4 heteroatoms. The van der Waals surface area contributed by atoms with Gasteiger partial charge in [-0.15, -0.1) is 0 Å². The number of likely N-dealkylation sites (tertiary alicyclic amines) is 1. The van der Waals surface area contributed by atoms with Crippen LogP contribution in [-0.2, 0) is 11.3 Å². The number of carboxylic acid groups (broad SMARTS) is 1. The molecule has 4 rings (SSSR count). The third kappa shape index (κ3) is 4.05. The summed E-state index contributed by atoms with van der Waals surface area (Å²) >= 11 is 0. The van der Waals surface area contributed by atoms with Crippen molar-refractivity contribution in [2.24, 2.45) is 4.99 Å². The van der Waals surface area contributed by atoms with Gasteiger partial charge in [0.15, 0.2) is 0 Å². The molecule has 0 spiro atoms. The fourth-order valence-corrected chi connectivity index (χ4v) is 4.25. The number of nitrogens with zero attached hydrogens (tertiary/aromatic N) is 2. The maximum Gasteiger partial charge on any atom is 0.337 e. The van der Waals surface area contributed by atoms with Crippen molar-refractivity contribution in [1.29, 1.82) is 0 Å². The van der Waals surface area contributed by atoms with E-state index in [-0.39, 0.29) is 5.57 Å². The van der Waals surface area contributed by atoms with Crippen LogP contribution in [0.25, 0.3) is 16.7 Å². The van der Waals surface area contributed by atoms with Crippen LogP contribution in [0.5, 0.6) is 0 Å². The van der Waals surface area contributed by atoms with Crippen LogP contribution >= 0.6 is 0 Å². The summed E-state index contributed by atoms with van der Waals surface area (Å²) in [6, 6.07) is 16.9. The van der Waals surface area contributed by atoms with Crippen LogP contribution in [0.3, 0.4) is 0 Å². The van der Waals surface area contributed by atoms with E-state index in [0.717, 1.165) is 17.7 Å². The van der Waals surface area contributed by atoms with Gasteiger partial charge in [0, 0.05) is 13.6 Å². The van der Waals surface area contributed by atoms with Crippen LogP contribution < -0.4 is 0 Å². The Hall–Kier alpha value is -3.24. The maximum atomic E-state index is 11.6. The van der Waals surface area contributed by atoms with Gasteiger partial charge in [0.25, 0.3) is 0 Å². The lowest BCUT2D eigenvalue weighted by molar-refractivity contribution is -0.132. The molecule has 0 bridgehead atoms. The van der Waals surface area contributed by atoms with Crippen LogP contribution in [0, 0.1) is 0 Å². The smallest absolute Gasteiger partial charge is 0.337 e. The first-order valence-electron chi connectivity index (χ1n) is 10.3. The zero-order valence-corrected chi connectivity index (χ0v) is 17.3. The Bertz CT molecular complexity index is 1070. The second kappa shape index (κ2) is 8.64. The average molecular weight is 399 g/mol. The summed E-state index contributed by atoms with van der Waals surface area (Å²) in [5.41, 5.74) is 6.79. The van der Waals surface area contributed by atoms with Crippen molar-refractivity contribution in [3.8, 4) is 11.1 Å². The molecule has 30 heavy (non-hydrogen) atoms. The van der Waals surface area contributed by atoms with Crippen molar-refractivity contribution in [3.63, 3.8) is 0 Å². The highest BCUT2D eigenvalue weighted by Gasteiger charge is 2.22. The summed E-state index contributed by atoms with van der Waals surface area (Å²) in [4.78, 5) is 18.2. The van der Waals surface area contributed by atoms with Crippen LogP contribution in [-0.4, -0.2) is 41.8 Å². The lowest BCUT2D eigenvalue weighted by atomic mass is 9.89. The fourth-order valence-electron chi connectivity index (χ4n) is 4.25. The Morgan fingerprint density at radius 1 is 1.03 bits per heavy atom. The van der Waals surface area contributed by atoms with Crippen LogP contribution in [0.15, 0.2) is 83.4 Å². The largest absolute Gasteiger partial charge is 0.478 e. The molecule has 152 valence electrons. The summed E-state index contributed by atoms with van der Waals surface area (Å²) in [5, 5.41) is 9.54. The molecule has 0 unspecified atom stereocenters.